The number of aromatic carboxylic acids is 1. The van der Waals surface area contributed by atoms with Crippen LogP contribution >= 0.6 is 11.3 Å². The molecule has 17 heavy (non-hydrogen) atoms. The van der Waals surface area contributed by atoms with Crippen molar-refractivity contribution in [3.05, 3.63) is 11.1 Å². The average molecular weight is 255 g/mol. The lowest BCUT2D eigenvalue weighted by Gasteiger charge is -2.11. The van der Waals surface area contributed by atoms with Crippen molar-refractivity contribution in [2.75, 3.05) is 11.4 Å². The van der Waals surface area contributed by atoms with Gasteiger partial charge >= 0.3 is 5.97 Å². The summed E-state index contributed by atoms with van der Waals surface area (Å²) in [6.07, 6.45) is 0.0529. The van der Waals surface area contributed by atoms with Crippen LogP contribution < -0.4 is 10.6 Å². The van der Waals surface area contributed by atoms with E-state index in [0.717, 1.165) is 11.3 Å². The molecular weight excluding hydrogens is 246 g/mol. The fourth-order valence-electron chi connectivity index (χ4n) is 1.57. The highest BCUT2D eigenvalue weighted by Crippen LogP contribution is 2.27. The lowest BCUT2D eigenvalue weighted by atomic mass is 10.1. The SMILES string of the molecule is NC(=O)C1CC(=O)N(c2nc(C(=O)O)cs2)C1. The van der Waals surface area contributed by atoms with Crippen LogP contribution in [0.5, 0.6) is 0 Å². The molecule has 3 N–H and O–H groups in total. The number of nitrogens with zero attached hydrogens (tertiary/aromatic N) is 2. The number of primary amides is 1. The van der Waals surface area contributed by atoms with Crippen LogP contribution in [-0.4, -0.2) is 34.4 Å². The topological polar surface area (TPSA) is 114 Å². The third-order valence-electron chi connectivity index (χ3n) is 2.47. The van der Waals surface area contributed by atoms with E-state index >= 15 is 0 Å². The predicted octanol–water partition coefficient (Wildman–Crippen LogP) is -0.321. The summed E-state index contributed by atoms with van der Waals surface area (Å²) < 4.78 is 0. The largest absolute Gasteiger partial charge is 0.476 e. The Morgan fingerprint density at radius 2 is 2.29 bits per heavy atom. The number of rotatable bonds is 3. The second-order valence-corrected chi connectivity index (χ2v) is 4.46. The number of hydrogen-bond donors (Lipinski definition) is 2. The van der Waals surface area contributed by atoms with Gasteiger partial charge in [0.2, 0.25) is 11.8 Å². The zero-order valence-corrected chi connectivity index (χ0v) is 9.44. The van der Waals surface area contributed by atoms with Crippen molar-refractivity contribution in [2.45, 2.75) is 6.42 Å². The molecule has 1 aromatic heterocycles. The Morgan fingerprint density at radius 3 is 2.76 bits per heavy atom. The molecule has 2 rings (SSSR count). The van der Waals surface area contributed by atoms with Crippen molar-refractivity contribution in [3.63, 3.8) is 0 Å². The van der Waals surface area contributed by atoms with Gasteiger partial charge in [-0.2, -0.15) is 0 Å². The van der Waals surface area contributed by atoms with Gasteiger partial charge in [0.1, 0.15) is 0 Å². The number of aromatic nitrogens is 1. The normalized spacial score (nSPS) is 19.6. The van der Waals surface area contributed by atoms with Crippen molar-refractivity contribution in [3.8, 4) is 0 Å². The quantitative estimate of drug-likeness (QED) is 0.768. The fraction of sp³-hybridized carbons (Fsp3) is 0.333. The minimum Gasteiger partial charge on any atom is -0.476 e. The Balaban J connectivity index is 2.20. The van der Waals surface area contributed by atoms with Gasteiger partial charge in [0.15, 0.2) is 10.8 Å². The third kappa shape index (κ3) is 2.11. The maximum atomic E-state index is 11.6. The van der Waals surface area contributed by atoms with E-state index in [0.29, 0.717) is 0 Å². The van der Waals surface area contributed by atoms with Crippen LogP contribution in [-0.2, 0) is 9.59 Å². The van der Waals surface area contributed by atoms with Crippen molar-refractivity contribution in [2.24, 2.45) is 11.7 Å². The summed E-state index contributed by atoms with van der Waals surface area (Å²) >= 11 is 1.05. The Bertz CT molecular complexity index is 498. The zero-order chi connectivity index (χ0) is 12.6. The summed E-state index contributed by atoms with van der Waals surface area (Å²) in [4.78, 5) is 38.3. The monoisotopic (exact) mass is 255 g/mol. The summed E-state index contributed by atoms with van der Waals surface area (Å²) in [5.41, 5.74) is 5.01. The fourth-order valence-corrected chi connectivity index (χ4v) is 2.39. The van der Waals surface area contributed by atoms with Gasteiger partial charge in [0, 0.05) is 18.3 Å². The molecule has 0 saturated carbocycles. The molecule has 1 fully saturated rings. The van der Waals surface area contributed by atoms with Gasteiger partial charge in [-0.3, -0.25) is 14.5 Å². The van der Waals surface area contributed by atoms with Gasteiger partial charge in [-0.25, -0.2) is 9.78 Å². The van der Waals surface area contributed by atoms with Gasteiger partial charge in [-0.05, 0) is 0 Å². The molecule has 0 radical (unpaired) electrons. The van der Waals surface area contributed by atoms with Gasteiger partial charge in [-0.15, -0.1) is 11.3 Å². The van der Waals surface area contributed by atoms with Crippen molar-refractivity contribution in [1.29, 1.82) is 0 Å². The predicted molar refractivity (Wildman–Crippen MR) is 58.7 cm³/mol. The summed E-state index contributed by atoms with van der Waals surface area (Å²) in [6.45, 7) is 0.167. The molecule has 0 aliphatic carbocycles. The van der Waals surface area contributed by atoms with Crippen LogP contribution in [0.1, 0.15) is 16.9 Å². The highest BCUT2D eigenvalue weighted by Gasteiger charge is 2.35. The van der Waals surface area contributed by atoms with Crippen molar-refractivity contribution < 1.29 is 19.5 Å². The van der Waals surface area contributed by atoms with Crippen LogP contribution in [0.3, 0.4) is 0 Å². The Hall–Kier alpha value is -1.96. The third-order valence-corrected chi connectivity index (χ3v) is 3.33. The number of thiazole rings is 1. The minimum absolute atomic E-state index is 0.0529. The van der Waals surface area contributed by atoms with E-state index in [2.05, 4.69) is 4.98 Å². The highest BCUT2D eigenvalue weighted by atomic mass is 32.1. The van der Waals surface area contributed by atoms with Gasteiger partial charge in [0.05, 0.1) is 5.92 Å². The molecule has 0 bridgehead atoms. The first-order valence-corrected chi connectivity index (χ1v) is 5.65. The molecule has 7 nitrogen and oxygen atoms in total. The Labute approximate surface area is 99.9 Å². The van der Waals surface area contributed by atoms with E-state index in [-0.39, 0.29) is 29.7 Å². The maximum absolute atomic E-state index is 11.6. The zero-order valence-electron chi connectivity index (χ0n) is 8.62. The molecular formula is C9H9N3O4S. The molecule has 2 amide bonds. The number of anilines is 1. The highest BCUT2D eigenvalue weighted by molar-refractivity contribution is 7.14. The molecule has 90 valence electrons. The standard InChI is InChI=1S/C9H9N3O4S/c10-7(14)4-1-6(13)12(2-4)9-11-5(3-17-9)8(15)16/h3-4H,1-2H2,(H2,10,14)(H,15,16). The molecule has 8 heteroatoms. The summed E-state index contributed by atoms with van der Waals surface area (Å²) in [5, 5.41) is 10.4. The second kappa shape index (κ2) is 4.13. The maximum Gasteiger partial charge on any atom is 0.355 e. The molecule has 1 atom stereocenters. The minimum atomic E-state index is -1.15. The first-order chi connectivity index (χ1) is 7.99. The first-order valence-electron chi connectivity index (χ1n) is 4.77. The lowest BCUT2D eigenvalue weighted by molar-refractivity contribution is -0.123. The Morgan fingerprint density at radius 1 is 1.59 bits per heavy atom. The number of carboxylic acids is 1. The van der Waals surface area contributed by atoms with Crippen LogP contribution in [0, 0.1) is 5.92 Å². The molecule has 1 aliphatic heterocycles. The number of hydrogen-bond acceptors (Lipinski definition) is 5. The number of carbonyl (C=O) groups excluding carboxylic acids is 2. The van der Waals surface area contributed by atoms with Crippen LogP contribution in [0.4, 0.5) is 5.13 Å². The number of amides is 2. The van der Waals surface area contributed by atoms with Gasteiger partial charge in [0.25, 0.3) is 0 Å². The molecule has 1 aliphatic rings. The number of nitrogens with two attached hydrogens (primary N) is 1. The van der Waals surface area contributed by atoms with Crippen molar-refractivity contribution >= 4 is 34.3 Å². The second-order valence-electron chi connectivity index (χ2n) is 3.63. The molecule has 1 saturated heterocycles. The molecule has 1 aromatic rings. The molecule has 0 spiro atoms. The van der Waals surface area contributed by atoms with Crippen LogP contribution in [0.2, 0.25) is 0 Å². The molecule has 0 aromatic carbocycles. The smallest absolute Gasteiger partial charge is 0.355 e. The van der Waals surface area contributed by atoms with Gasteiger partial charge < -0.3 is 10.8 Å². The van der Waals surface area contributed by atoms with E-state index in [1.807, 2.05) is 0 Å². The van der Waals surface area contributed by atoms with Crippen molar-refractivity contribution in [1.82, 2.24) is 4.98 Å². The summed E-state index contributed by atoms with van der Waals surface area (Å²) in [6, 6.07) is 0. The molecule has 1 unspecified atom stereocenters. The van der Waals surface area contributed by atoms with Crippen LogP contribution in [0.25, 0.3) is 0 Å². The summed E-state index contributed by atoms with van der Waals surface area (Å²) in [5.74, 6) is -2.47. The van der Waals surface area contributed by atoms with Crippen LogP contribution in [0.15, 0.2) is 5.38 Å². The van der Waals surface area contributed by atoms with E-state index in [9.17, 15) is 14.4 Å². The lowest BCUT2D eigenvalue weighted by Crippen LogP contribution is -2.28. The Kier molecular flexibility index (Phi) is 2.80. The first kappa shape index (κ1) is 11.5. The summed E-state index contributed by atoms with van der Waals surface area (Å²) in [7, 11) is 0. The van der Waals surface area contributed by atoms with E-state index < -0.39 is 17.8 Å². The van der Waals surface area contributed by atoms with E-state index in [1.54, 1.807) is 0 Å². The average Bonchev–Trinajstić information content (AvgIpc) is 2.83. The van der Waals surface area contributed by atoms with E-state index in [1.165, 1.54) is 10.3 Å². The van der Waals surface area contributed by atoms with E-state index in [4.69, 9.17) is 10.8 Å². The molecule has 2 heterocycles. The number of carboxylic acid groups (broad SMARTS) is 1. The number of carbonyl (C=O) groups is 3. The van der Waals surface area contributed by atoms with Gasteiger partial charge in [-0.1, -0.05) is 0 Å².